The summed E-state index contributed by atoms with van der Waals surface area (Å²) in [6.45, 7) is 0. The van der Waals surface area contributed by atoms with Crippen LogP contribution in [-0.4, -0.2) is 37.0 Å². The summed E-state index contributed by atoms with van der Waals surface area (Å²) < 4.78 is 1.46. The first-order valence-electron chi connectivity index (χ1n) is 6.59. The molecule has 0 radical (unpaired) electrons. The number of nitrogens with one attached hydrogen (secondary N) is 2. The van der Waals surface area contributed by atoms with Crippen molar-refractivity contribution in [2.45, 2.75) is 0 Å². The molecule has 0 fully saturated rings. The third-order valence-electron chi connectivity index (χ3n) is 2.93. The summed E-state index contributed by atoms with van der Waals surface area (Å²) in [6.07, 6.45) is 2.94. The van der Waals surface area contributed by atoms with Crippen LogP contribution in [0.3, 0.4) is 0 Å². The molecule has 23 heavy (non-hydrogen) atoms. The highest BCUT2D eigenvalue weighted by Gasteiger charge is 2.10. The molecule has 3 aromatic rings. The minimum atomic E-state index is -0.496. The van der Waals surface area contributed by atoms with E-state index in [2.05, 4.69) is 31.4 Å². The molecule has 114 valence electrons. The maximum Gasteiger partial charge on any atom is 0.288 e. The first-order valence-corrected chi connectivity index (χ1v) is 6.59. The number of pyridine rings is 1. The summed E-state index contributed by atoms with van der Waals surface area (Å²) in [7, 11) is 0. The van der Waals surface area contributed by atoms with Crippen LogP contribution in [0.2, 0.25) is 0 Å². The lowest BCUT2D eigenvalue weighted by molar-refractivity contribution is 0.0844. The fourth-order valence-electron chi connectivity index (χ4n) is 1.79. The van der Waals surface area contributed by atoms with Crippen molar-refractivity contribution in [2.24, 2.45) is 0 Å². The van der Waals surface area contributed by atoms with E-state index in [0.717, 1.165) is 0 Å². The smallest absolute Gasteiger partial charge is 0.267 e. The standard InChI is InChI=1S/C14H11N7O2/c22-13(17-18-14(23)12-3-1-2-8-15-12)10-4-6-11(7-5-10)21-9-16-19-20-21/h1-9H,(H,17,22)(H,18,23). The highest BCUT2D eigenvalue weighted by Crippen LogP contribution is 2.07. The van der Waals surface area contributed by atoms with Gasteiger partial charge in [-0.25, -0.2) is 4.68 Å². The number of hydrogen-bond acceptors (Lipinski definition) is 6. The van der Waals surface area contributed by atoms with Crippen molar-refractivity contribution < 1.29 is 9.59 Å². The van der Waals surface area contributed by atoms with Crippen molar-refractivity contribution in [3.8, 4) is 5.69 Å². The van der Waals surface area contributed by atoms with E-state index in [1.54, 1.807) is 42.5 Å². The normalized spacial score (nSPS) is 10.1. The van der Waals surface area contributed by atoms with Gasteiger partial charge in [0.15, 0.2) is 0 Å². The van der Waals surface area contributed by atoms with E-state index in [4.69, 9.17) is 0 Å². The lowest BCUT2D eigenvalue weighted by Gasteiger charge is -2.07. The Kier molecular flexibility index (Phi) is 4.01. The van der Waals surface area contributed by atoms with Gasteiger partial charge in [0.05, 0.1) is 5.69 Å². The number of hydrogen-bond donors (Lipinski definition) is 2. The van der Waals surface area contributed by atoms with E-state index in [1.165, 1.54) is 17.2 Å². The van der Waals surface area contributed by atoms with Gasteiger partial charge >= 0.3 is 0 Å². The van der Waals surface area contributed by atoms with Crippen LogP contribution in [0.15, 0.2) is 55.0 Å². The van der Waals surface area contributed by atoms with Gasteiger partial charge in [-0.05, 0) is 46.8 Å². The average molecular weight is 309 g/mol. The SMILES string of the molecule is O=C(NNC(=O)c1ccccn1)c1ccc(-n2cnnn2)cc1. The van der Waals surface area contributed by atoms with Gasteiger partial charge in [0, 0.05) is 11.8 Å². The van der Waals surface area contributed by atoms with Crippen LogP contribution in [0.1, 0.15) is 20.8 Å². The number of tetrazole rings is 1. The molecule has 2 heterocycles. The predicted molar refractivity (Wildman–Crippen MR) is 78.3 cm³/mol. The lowest BCUT2D eigenvalue weighted by Crippen LogP contribution is -2.41. The molecule has 0 saturated heterocycles. The Bertz CT molecular complexity index is 801. The van der Waals surface area contributed by atoms with Crippen LogP contribution in [0.25, 0.3) is 5.69 Å². The second-order valence-electron chi connectivity index (χ2n) is 4.42. The second kappa shape index (κ2) is 6.43. The number of amides is 2. The van der Waals surface area contributed by atoms with E-state index in [9.17, 15) is 9.59 Å². The lowest BCUT2D eigenvalue weighted by atomic mass is 10.2. The van der Waals surface area contributed by atoms with Crippen molar-refractivity contribution in [3.05, 3.63) is 66.2 Å². The van der Waals surface area contributed by atoms with Gasteiger partial charge in [0.2, 0.25) is 0 Å². The maximum atomic E-state index is 12.0. The van der Waals surface area contributed by atoms with Crippen molar-refractivity contribution in [1.29, 1.82) is 0 Å². The Morgan fingerprint density at radius 1 is 0.957 bits per heavy atom. The highest BCUT2D eigenvalue weighted by atomic mass is 16.2. The molecule has 2 aromatic heterocycles. The third-order valence-corrected chi connectivity index (χ3v) is 2.93. The molecule has 0 aliphatic rings. The zero-order valence-electron chi connectivity index (χ0n) is 11.7. The molecule has 0 saturated carbocycles. The molecule has 3 rings (SSSR count). The van der Waals surface area contributed by atoms with Gasteiger partial charge in [0.25, 0.3) is 11.8 Å². The maximum absolute atomic E-state index is 12.0. The van der Waals surface area contributed by atoms with Crippen molar-refractivity contribution >= 4 is 11.8 Å². The Hall–Kier alpha value is -3.62. The first-order chi connectivity index (χ1) is 11.2. The molecule has 9 nitrogen and oxygen atoms in total. The summed E-state index contributed by atoms with van der Waals surface area (Å²) in [6, 6.07) is 11.5. The molecular formula is C14H11N7O2. The number of aromatic nitrogens is 5. The quantitative estimate of drug-likeness (QED) is 0.665. The summed E-state index contributed by atoms with van der Waals surface area (Å²) in [4.78, 5) is 27.6. The number of benzene rings is 1. The van der Waals surface area contributed by atoms with Crippen LogP contribution in [0.5, 0.6) is 0 Å². The van der Waals surface area contributed by atoms with Crippen LogP contribution in [0, 0.1) is 0 Å². The number of carbonyl (C=O) groups is 2. The summed E-state index contributed by atoms with van der Waals surface area (Å²) in [5.41, 5.74) is 5.93. The molecule has 0 unspecified atom stereocenters. The van der Waals surface area contributed by atoms with Gasteiger partial charge in [0.1, 0.15) is 12.0 Å². The molecule has 2 N–H and O–H groups in total. The van der Waals surface area contributed by atoms with E-state index >= 15 is 0 Å². The molecule has 0 bridgehead atoms. The zero-order chi connectivity index (χ0) is 16.1. The van der Waals surface area contributed by atoms with E-state index in [-0.39, 0.29) is 5.69 Å². The van der Waals surface area contributed by atoms with Crippen LogP contribution in [0.4, 0.5) is 0 Å². The molecule has 0 spiro atoms. The van der Waals surface area contributed by atoms with Crippen molar-refractivity contribution in [1.82, 2.24) is 36.0 Å². The van der Waals surface area contributed by atoms with Gasteiger partial charge in [-0.2, -0.15) is 0 Å². The number of hydrazine groups is 1. The first kappa shape index (κ1) is 14.3. The largest absolute Gasteiger partial charge is 0.288 e. The monoisotopic (exact) mass is 309 g/mol. The Morgan fingerprint density at radius 2 is 1.74 bits per heavy atom. The zero-order valence-corrected chi connectivity index (χ0v) is 11.7. The fraction of sp³-hybridized carbons (Fsp3) is 0. The van der Waals surface area contributed by atoms with Gasteiger partial charge < -0.3 is 0 Å². The number of nitrogens with zero attached hydrogens (tertiary/aromatic N) is 5. The number of rotatable bonds is 3. The second-order valence-corrected chi connectivity index (χ2v) is 4.42. The minimum Gasteiger partial charge on any atom is -0.267 e. The summed E-state index contributed by atoms with van der Waals surface area (Å²) in [5.74, 6) is -0.943. The van der Waals surface area contributed by atoms with E-state index < -0.39 is 11.8 Å². The highest BCUT2D eigenvalue weighted by molar-refractivity contribution is 5.98. The Balaban J connectivity index is 1.61. The number of carbonyl (C=O) groups excluding carboxylic acids is 2. The van der Waals surface area contributed by atoms with E-state index in [0.29, 0.717) is 11.3 Å². The van der Waals surface area contributed by atoms with Gasteiger partial charge in [-0.3, -0.25) is 25.4 Å². The predicted octanol–water partition coefficient (Wildman–Crippen LogP) is 0.132. The van der Waals surface area contributed by atoms with Gasteiger partial charge in [-0.1, -0.05) is 6.07 Å². The van der Waals surface area contributed by atoms with Crippen LogP contribution in [-0.2, 0) is 0 Å². The molecule has 0 atom stereocenters. The molecule has 2 amide bonds. The van der Waals surface area contributed by atoms with Crippen LogP contribution < -0.4 is 10.9 Å². The molecule has 0 aliphatic carbocycles. The van der Waals surface area contributed by atoms with Crippen LogP contribution >= 0.6 is 0 Å². The molecule has 9 heteroatoms. The van der Waals surface area contributed by atoms with E-state index in [1.807, 2.05) is 0 Å². The molecule has 0 aliphatic heterocycles. The fourth-order valence-corrected chi connectivity index (χ4v) is 1.79. The Morgan fingerprint density at radius 3 is 2.39 bits per heavy atom. The molecular weight excluding hydrogens is 298 g/mol. The average Bonchev–Trinajstić information content (AvgIpc) is 3.15. The molecule has 1 aromatic carbocycles. The van der Waals surface area contributed by atoms with Crippen molar-refractivity contribution in [3.63, 3.8) is 0 Å². The van der Waals surface area contributed by atoms with Crippen molar-refractivity contribution in [2.75, 3.05) is 0 Å². The topological polar surface area (TPSA) is 115 Å². The Labute approximate surface area is 130 Å². The summed E-state index contributed by atoms with van der Waals surface area (Å²) >= 11 is 0. The minimum absolute atomic E-state index is 0.210. The van der Waals surface area contributed by atoms with Gasteiger partial charge in [-0.15, -0.1) is 5.10 Å². The third kappa shape index (κ3) is 3.35. The summed E-state index contributed by atoms with van der Waals surface area (Å²) in [5, 5.41) is 10.8.